The van der Waals surface area contributed by atoms with Gasteiger partial charge in [0.15, 0.2) is 0 Å². The molecule has 0 aliphatic rings. The molecule has 174 valence electrons. The lowest BCUT2D eigenvalue weighted by Gasteiger charge is -2.25. The summed E-state index contributed by atoms with van der Waals surface area (Å²) in [6.45, 7) is 2.34. The molecule has 0 bridgehead atoms. The number of unbranched alkanes of at least 4 members (excludes halogenated alkanes) is 9. The second-order valence-electron chi connectivity index (χ2n) is 7.47. The molecule has 0 spiro atoms. The van der Waals surface area contributed by atoms with Gasteiger partial charge in [0, 0.05) is 12.2 Å². The topological polar surface area (TPSA) is 90.6 Å². The number of rotatable bonds is 21. The molecule has 0 aromatic heterocycles. The number of hydrogen-bond acceptors (Lipinski definition) is 7. The van der Waals surface area contributed by atoms with Gasteiger partial charge in [0.2, 0.25) is 0 Å². The lowest BCUT2D eigenvalue weighted by Crippen LogP contribution is -2.32. The lowest BCUT2D eigenvalue weighted by atomic mass is 10.1. The highest BCUT2D eigenvalue weighted by Gasteiger charge is 2.32. The summed E-state index contributed by atoms with van der Waals surface area (Å²) < 4.78 is 5.23. The van der Waals surface area contributed by atoms with Crippen LogP contribution in [-0.4, -0.2) is 56.5 Å². The van der Waals surface area contributed by atoms with Crippen molar-refractivity contribution in [2.45, 2.75) is 88.7 Å². The summed E-state index contributed by atoms with van der Waals surface area (Å²) in [6, 6.07) is 2.22. The number of thioether (sulfide) groups is 2. The fourth-order valence-corrected chi connectivity index (χ4v) is 5.32. The molecule has 5 nitrogen and oxygen atoms in total. The van der Waals surface area contributed by atoms with Crippen molar-refractivity contribution in [1.82, 2.24) is 0 Å². The number of aliphatic carboxylic acids is 1. The molecule has 0 saturated carbocycles. The Morgan fingerprint density at radius 3 is 2.23 bits per heavy atom. The maximum Gasteiger partial charge on any atom is 0.303 e. The minimum atomic E-state index is -0.949. The van der Waals surface area contributed by atoms with Gasteiger partial charge in [0.05, 0.1) is 30.1 Å². The van der Waals surface area contributed by atoms with E-state index in [1.165, 1.54) is 69.5 Å². The maximum atomic E-state index is 10.9. The molecule has 1 atom stereocenters. The number of nitrogens with zero attached hydrogens (tertiary/aromatic N) is 1. The Bertz CT molecular complexity index is 499. The van der Waals surface area contributed by atoms with Crippen LogP contribution in [0.25, 0.3) is 0 Å². The molecular formula is C22H39NO4S3. The van der Waals surface area contributed by atoms with Gasteiger partial charge in [-0.1, -0.05) is 76.9 Å². The highest BCUT2D eigenvalue weighted by atomic mass is 32.2. The van der Waals surface area contributed by atoms with E-state index in [9.17, 15) is 10.1 Å². The van der Waals surface area contributed by atoms with Gasteiger partial charge in [-0.25, -0.2) is 0 Å². The normalized spacial score (nSPS) is 13.0. The third-order valence-corrected chi connectivity index (χ3v) is 7.97. The number of carbonyl (C=O) groups is 1. The number of ether oxygens (including phenoxy) is 1. The standard InChI is InChI=1S/C22H39NO4S3/c1-2-3-4-5-6-7-8-9-10-11-16-29-21(28)17-30-22(18-23,13-12-20(25)26)19-27-15-14-24/h24H,2-17,19H2,1H3,(H,25,26). The summed E-state index contributed by atoms with van der Waals surface area (Å²) >= 11 is 8.47. The van der Waals surface area contributed by atoms with Crippen molar-refractivity contribution in [3.8, 4) is 6.07 Å². The molecule has 2 N–H and O–H groups in total. The first kappa shape index (κ1) is 29.7. The Labute approximate surface area is 196 Å². The Kier molecular flexibility index (Phi) is 20.3. The summed E-state index contributed by atoms with van der Waals surface area (Å²) in [5, 5.41) is 27.5. The molecule has 0 heterocycles. The molecule has 0 aliphatic carbocycles. The van der Waals surface area contributed by atoms with E-state index >= 15 is 0 Å². The van der Waals surface area contributed by atoms with Crippen LogP contribution in [0.4, 0.5) is 0 Å². The van der Waals surface area contributed by atoms with E-state index in [0.717, 1.165) is 16.4 Å². The van der Waals surface area contributed by atoms with Crippen LogP contribution in [0.3, 0.4) is 0 Å². The van der Waals surface area contributed by atoms with Crippen LogP contribution in [0.5, 0.6) is 0 Å². The zero-order valence-electron chi connectivity index (χ0n) is 18.4. The first-order valence-electron chi connectivity index (χ1n) is 11.1. The van der Waals surface area contributed by atoms with E-state index in [0.29, 0.717) is 5.75 Å². The number of carboxylic acid groups (broad SMARTS) is 1. The largest absolute Gasteiger partial charge is 0.481 e. The van der Waals surface area contributed by atoms with Crippen LogP contribution in [0.1, 0.15) is 84.0 Å². The predicted molar refractivity (Wildman–Crippen MR) is 132 cm³/mol. The first-order chi connectivity index (χ1) is 14.5. The van der Waals surface area contributed by atoms with Crippen molar-refractivity contribution in [2.24, 2.45) is 0 Å². The number of aliphatic hydroxyl groups excluding tert-OH is 1. The molecule has 30 heavy (non-hydrogen) atoms. The molecule has 0 radical (unpaired) electrons. The third-order valence-electron chi connectivity index (χ3n) is 4.74. The Hall–Kier alpha value is -0.330. The Morgan fingerprint density at radius 1 is 1.10 bits per heavy atom. The first-order valence-corrected chi connectivity index (χ1v) is 13.5. The number of nitriles is 1. The Morgan fingerprint density at radius 2 is 1.70 bits per heavy atom. The van der Waals surface area contributed by atoms with E-state index < -0.39 is 10.7 Å². The molecule has 0 fully saturated rings. The van der Waals surface area contributed by atoms with Crippen molar-refractivity contribution in [3.63, 3.8) is 0 Å². The average molecular weight is 478 g/mol. The van der Waals surface area contributed by atoms with Crippen LogP contribution >= 0.6 is 35.7 Å². The van der Waals surface area contributed by atoms with Crippen molar-refractivity contribution >= 4 is 45.9 Å². The lowest BCUT2D eigenvalue weighted by molar-refractivity contribution is -0.137. The molecule has 0 amide bonds. The van der Waals surface area contributed by atoms with E-state index in [-0.39, 0.29) is 32.7 Å². The molecule has 0 aliphatic heterocycles. The van der Waals surface area contributed by atoms with Gasteiger partial charge in [0.1, 0.15) is 4.75 Å². The minimum absolute atomic E-state index is 0.0910. The average Bonchev–Trinajstić information content (AvgIpc) is 2.73. The van der Waals surface area contributed by atoms with Gasteiger partial charge in [-0.05, 0) is 18.6 Å². The summed E-state index contributed by atoms with van der Waals surface area (Å²) in [6.07, 6.45) is 13.2. The molecule has 0 rings (SSSR count). The fraction of sp³-hybridized carbons (Fsp3) is 0.864. The van der Waals surface area contributed by atoms with E-state index in [1.807, 2.05) is 0 Å². The van der Waals surface area contributed by atoms with Gasteiger partial charge in [-0.2, -0.15) is 5.26 Å². The van der Waals surface area contributed by atoms with Gasteiger partial charge < -0.3 is 14.9 Å². The highest BCUT2D eigenvalue weighted by molar-refractivity contribution is 8.24. The van der Waals surface area contributed by atoms with Gasteiger partial charge in [0.25, 0.3) is 0 Å². The maximum absolute atomic E-state index is 10.9. The summed E-state index contributed by atoms with van der Waals surface area (Å²) in [4.78, 5) is 10.9. The van der Waals surface area contributed by atoms with Crippen molar-refractivity contribution < 1.29 is 19.7 Å². The number of hydrogen-bond donors (Lipinski definition) is 2. The number of aliphatic hydroxyl groups is 1. The van der Waals surface area contributed by atoms with Crippen LogP contribution in [0, 0.1) is 11.3 Å². The van der Waals surface area contributed by atoms with Crippen LogP contribution < -0.4 is 0 Å². The summed E-state index contributed by atoms with van der Waals surface area (Å²) in [7, 11) is 0. The van der Waals surface area contributed by atoms with Crippen LogP contribution in [-0.2, 0) is 9.53 Å². The zero-order chi connectivity index (χ0) is 22.5. The fourth-order valence-electron chi connectivity index (χ4n) is 2.93. The Balaban J connectivity index is 3.99. The van der Waals surface area contributed by atoms with Crippen LogP contribution in [0.15, 0.2) is 0 Å². The van der Waals surface area contributed by atoms with Gasteiger partial charge in [-0.3, -0.25) is 4.79 Å². The SMILES string of the molecule is CCCCCCCCCCCCSC(=S)CSC(C#N)(CCC(=O)O)COCCO. The summed E-state index contributed by atoms with van der Waals surface area (Å²) in [5.41, 5.74) is 0. The van der Waals surface area contributed by atoms with E-state index in [2.05, 4.69) is 13.0 Å². The van der Waals surface area contributed by atoms with Crippen molar-refractivity contribution in [3.05, 3.63) is 0 Å². The molecule has 0 aromatic rings. The predicted octanol–water partition coefficient (Wildman–Crippen LogP) is 5.84. The number of thiocarbonyl (C=S) groups is 1. The molecule has 0 aromatic carbocycles. The second-order valence-corrected chi connectivity index (χ2v) is 10.8. The smallest absolute Gasteiger partial charge is 0.303 e. The van der Waals surface area contributed by atoms with Gasteiger partial charge in [-0.15, -0.1) is 23.5 Å². The zero-order valence-corrected chi connectivity index (χ0v) is 20.9. The van der Waals surface area contributed by atoms with E-state index in [4.69, 9.17) is 27.2 Å². The van der Waals surface area contributed by atoms with Gasteiger partial charge >= 0.3 is 5.97 Å². The number of carboxylic acids is 1. The quantitative estimate of drug-likeness (QED) is 0.157. The monoisotopic (exact) mass is 477 g/mol. The molecule has 8 heteroatoms. The minimum Gasteiger partial charge on any atom is -0.481 e. The highest BCUT2D eigenvalue weighted by Crippen LogP contribution is 2.32. The molecule has 1 unspecified atom stereocenters. The van der Waals surface area contributed by atoms with E-state index in [1.54, 1.807) is 11.8 Å². The summed E-state index contributed by atoms with van der Waals surface area (Å²) in [5.74, 6) is 0.578. The van der Waals surface area contributed by atoms with Crippen molar-refractivity contribution in [1.29, 1.82) is 5.26 Å². The molecular weight excluding hydrogens is 438 g/mol. The van der Waals surface area contributed by atoms with Crippen LogP contribution in [0.2, 0.25) is 0 Å². The third kappa shape index (κ3) is 17.4. The molecule has 0 saturated heterocycles. The van der Waals surface area contributed by atoms with Crippen molar-refractivity contribution in [2.75, 3.05) is 31.3 Å². The second kappa shape index (κ2) is 20.6.